The van der Waals surface area contributed by atoms with E-state index in [0.717, 1.165) is 21.9 Å². The number of hydrogen-bond donors (Lipinski definition) is 0. The molecule has 0 saturated heterocycles. The molecule has 2 nitrogen and oxygen atoms in total. The van der Waals surface area contributed by atoms with Gasteiger partial charge in [0.2, 0.25) is 0 Å². The lowest BCUT2D eigenvalue weighted by molar-refractivity contribution is 0.410. The smallest absolute Gasteiger partial charge is 0.144 e. The molecule has 34 heavy (non-hydrogen) atoms. The van der Waals surface area contributed by atoms with Gasteiger partial charge in [-0.05, 0) is 64.7 Å². The zero-order valence-electron chi connectivity index (χ0n) is 25.2. The van der Waals surface area contributed by atoms with Crippen LogP contribution in [-0.2, 0) is 11.8 Å². The average molecular weight is 451 g/mol. The summed E-state index contributed by atoms with van der Waals surface area (Å²) >= 11 is 0. The van der Waals surface area contributed by atoms with Crippen LogP contribution in [0.5, 0.6) is 0 Å². The number of fused-ring (bicyclic) bond motifs is 7. The predicted octanol–water partition coefficient (Wildman–Crippen LogP) is 8.85. The van der Waals surface area contributed by atoms with E-state index < -0.39 is 18.6 Å². The van der Waals surface area contributed by atoms with E-state index in [0.29, 0.717) is 16.8 Å². The molecule has 1 aliphatic rings. The fourth-order valence-electron chi connectivity index (χ4n) is 5.42. The summed E-state index contributed by atoms with van der Waals surface area (Å²) < 4.78 is 48.7. The highest BCUT2D eigenvalue weighted by Gasteiger charge is 2.38. The highest BCUT2D eigenvalue weighted by Crippen LogP contribution is 2.52. The average Bonchev–Trinajstić information content (AvgIpc) is 3.35. The van der Waals surface area contributed by atoms with Crippen molar-refractivity contribution in [2.24, 2.45) is 5.41 Å². The van der Waals surface area contributed by atoms with Crippen LogP contribution in [0.4, 0.5) is 0 Å². The third-order valence-electron chi connectivity index (χ3n) is 6.87. The monoisotopic (exact) mass is 450 g/mol. The Morgan fingerprint density at radius 2 is 1.68 bits per heavy atom. The quantitative estimate of drug-likeness (QED) is 0.268. The van der Waals surface area contributed by atoms with Gasteiger partial charge < -0.3 is 4.42 Å². The molecular weight excluding hydrogens is 414 g/mol. The summed E-state index contributed by atoms with van der Waals surface area (Å²) in [6.07, 6.45) is -0.604. The maximum Gasteiger partial charge on any atom is 0.144 e. The van der Waals surface area contributed by atoms with Gasteiger partial charge in [-0.1, -0.05) is 77.1 Å². The highest BCUT2D eigenvalue weighted by molar-refractivity contribution is 6.12. The van der Waals surface area contributed by atoms with Crippen molar-refractivity contribution in [3.8, 4) is 22.4 Å². The third-order valence-corrected chi connectivity index (χ3v) is 6.87. The summed E-state index contributed by atoms with van der Waals surface area (Å²) in [6.45, 7) is 7.28. The fourth-order valence-corrected chi connectivity index (χ4v) is 5.42. The fraction of sp³-hybridized carbons (Fsp3) is 0.281. The van der Waals surface area contributed by atoms with Gasteiger partial charge in [-0.15, -0.1) is 0 Å². The molecule has 5 aromatic rings. The van der Waals surface area contributed by atoms with Crippen LogP contribution in [0, 0.1) is 12.3 Å². The van der Waals surface area contributed by atoms with Gasteiger partial charge in [0.15, 0.2) is 0 Å². The molecule has 0 amide bonds. The van der Waals surface area contributed by atoms with Crippen LogP contribution in [0.3, 0.4) is 0 Å². The molecule has 0 unspecified atom stereocenters. The summed E-state index contributed by atoms with van der Waals surface area (Å²) in [5.41, 5.74) is 6.47. The Bertz CT molecular complexity index is 1790. The van der Waals surface area contributed by atoms with Crippen LogP contribution in [0.2, 0.25) is 0 Å². The normalized spacial score (nSPS) is 17.5. The molecule has 3 aromatic carbocycles. The number of rotatable bonds is 2. The summed E-state index contributed by atoms with van der Waals surface area (Å²) in [5, 5.41) is 1.95. The molecule has 2 aromatic heterocycles. The van der Waals surface area contributed by atoms with E-state index >= 15 is 0 Å². The van der Waals surface area contributed by atoms with Gasteiger partial charge in [0, 0.05) is 40.4 Å². The molecule has 0 bridgehead atoms. The summed E-state index contributed by atoms with van der Waals surface area (Å²) in [6, 6.07) is 20.2. The van der Waals surface area contributed by atoms with Gasteiger partial charge in [-0.2, -0.15) is 0 Å². The Balaban J connectivity index is 1.62. The third kappa shape index (κ3) is 3.05. The first-order valence-electron chi connectivity index (χ1n) is 14.2. The summed E-state index contributed by atoms with van der Waals surface area (Å²) in [5.74, 6) is 0. The van der Waals surface area contributed by atoms with Crippen molar-refractivity contribution >= 4 is 21.9 Å². The molecule has 170 valence electrons. The summed E-state index contributed by atoms with van der Waals surface area (Å²) in [7, 11) is 0. The van der Waals surface area contributed by atoms with E-state index in [1.54, 1.807) is 26.8 Å². The van der Waals surface area contributed by atoms with Crippen LogP contribution < -0.4 is 0 Å². The minimum atomic E-state index is -2.49. The SMILES string of the molecule is [2H]C([2H])([2H])c1cnc(-c2cccc3c2oc2c4c(ccc23)-c2ccccc2C4(C)C)cc1C([2H])([2H])C(C)(C)C. The lowest BCUT2D eigenvalue weighted by Gasteiger charge is -2.21. The van der Waals surface area contributed by atoms with Crippen LogP contribution in [-0.4, -0.2) is 4.98 Å². The van der Waals surface area contributed by atoms with E-state index in [2.05, 4.69) is 55.2 Å². The second-order valence-corrected chi connectivity index (χ2v) is 10.8. The van der Waals surface area contributed by atoms with E-state index in [1.165, 1.54) is 22.9 Å². The molecule has 0 spiro atoms. The van der Waals surface area contributed by atoms with Crippen molar-refractivity contribution in [1.29, 1.82) is 0 Å². The molecule has 0 aliphatic heterocycles. The molecule has 0 atom stereocenters. The van der Waals surface area contributed by atoms with Crippen molar-refractivity contribution in [2.75, 3.05) is 0 Å². The second kappa shape index (κ2) is 7.06. The Hall–Kier alpha value is -3.39. The van der Waals surface area contributed by atoms with Crippen molar-refractivity contribution < 1.29 is 11.3 Å². The van der Waals surface area contributed by atoms with Crippen LogP contribution in [0.25, 0.3) is 44.3 Å². The predicted molar refractivity (Wildman–Crippen MR) is 142 cm³/mol. The van der Waals surface area contributed by atoms with Gasteiger partial charge in [-0.3, -0.25) is 4.98 Å². The zero-order chi connectivity index (χ0) is 28.1. The van der Waals surface area contributed by atoms with Gasteiger partial charge in [0.05, 0.1) is 5.69 Å². The lowest BCUT2D eigenvalue weighted by Crippen LogP contribution is -2.15. The molecular formula is C32H31NO. The number of aromatic nitrogens is 1. The van der Waals surface area contributed by atoms with E-state index in [-0.39, 0.29) is 16.5 Å². The summed E-state index contributed by atoms with van der Waals surface area (Å²) in [4.78, 5) is 4.54. The molecule has 0 N–H and O–H groups in total. The number of aryl methyl sites for hydroxylation is 1. The number of hydrogen-bond acceptors (Lipinski definition) is 2. The topological polar surface area (TPSA) is 26.0 Å². The molecule has 0 radical (unpaired) electrons. The van der Waals surface area contributed by atoms with Crippen molar-refractivity contribution in [2.45, 2.75) is 53.3 Å². The first-order chi connectivity index (χ1) is 18.1. The van der Waals surface area contributed by atoms with Gasteiger partial charge in [0.25, 0.3) is 0 Å². The molecule has 2 heterocycles. The highest BCUT2D eigenvalue weighted by atomic mass is 16.3. The number of nitrogens with zero attached hydrogens (tertiary/aromatic N) is 1. The first-order valence-corrected chi connectivity index (χ1v) is 11.7. The van der Waals surface area contributed by atoms with Crippen LogP contribution >= 0.6 is 0 Å². The number of para-hydroxylation sites is 1. The maximum absolute atomic E-state index is 8.91. The van der Waals surface area contributed by atoms with E-state index in [1.807, 2.05) is 18.2 Å². The van der Waals surface area contributed by atoms with E-state index in [9.17, 15) is 0 Å². The molecule has 1 aliphatic carbocycles. The van der Waals surface area contributed by atoms with Crippen molar-refractivity contribution in [3.63, 3.8) is 0 Å². The minimum absolute atomic E-state index is 0.0692. The Morgan fingerprint density at radius 3 is 2.47 bits per heavy atom. The van der Waals surface area contributed by atoms with Gasteiger partial charge in [-0.25, -0.2) is 0 Å². The molecule has 0 fully saturated rings. The zero-order valence-corrected chi connectivity index (χ0v) is 20.2. The number of pyridine rings is 1. The first kappa shape index (κ1) is 16.3. The number of benzene rings is 3. The standard InChI is InChI=1S/C32H31NO/c1-19-18-33-27(16-20(19)17-31(2,3)4)25-12-9-11-23-24-15-14-22-21-10-7-8-13-26(21)32(5,6)28(22)30(24)34-29(23)25/h7-16,18H,17H2,1-6H3/i1D3,17D2. The maximum atomic E-state index is 8.91. The largest absolute Gasteiger partial charge is 0.455 e. The second-order valence-electron chi connectivity index (χ2n) is 10.8. The van der Waals surface area contributed by atoms with Crippen LogP contribution in [0.1, 0.15) is 63.7 Å². The van der Waals surface area contributed by atoms with E-state index in [4.69, 9.17) is 11.3 Å². The van der Waals surface area contributed by atoms with Crippen molar-refractivity contribution in [3.05, 3.63) is 89.1 Å². The number of furan rings is 1. The lowest BCUT2D eigenvalue weighted by atomic mass is 9.82. The Morgan fingerprint density at radius 1 is 0.912 bits per heavy atom. The van der Waals surface area contributed by atoms with Crippen molar-refractivity contribution in [1.82, 2.24) is 4.98 Å². The molecule has 2 heteroatoms. The Labute approximate surface area is 208 Å². The Kier molecular flexibility index (Phi) is 3.38. The van der Waals surface area contributed by atoms with Gasteiger partial charge in [0.1, 0.15) is 11.2 Å². The minimum Gasteiger partial charge on any atom is -0.455 e. The van der Waals surface area contributed by atoms with Crippen LogP contribution in [0.15, 0.2) is 71.3 Å². The van der Waals surface area contributed by atoms with Gasteiger partial charge >= 0.3 is 0 Å². The molecule has 6 rings (SSSR count). The molecule has 0 saturated carbocycles.